The van der Waals surface area contributed by atoms with Gasteiger partial charge in [0.2, 0.25) is 0 Å². The molecule has 0 radical (unpaired) electrons. The molecule has 0 aliphatic carbocycles. The highest BCUT2D eigenvalue weighted by molar-refractivity contribution is 5.54. The van der Waals surface area contributed by atoms with Crippen LogP contribution in [0.5, 0.6) is 0 Å². The van der Waals surface area contributed by atoms with Gasteiger partial charge in [-0.25, -0.2) is 14.6 Å². The van der Waals surface area contributed by atoms with Crippen molar-refractivity contribution in [2.45, 2.75) is 0 Å². The molecule has 3 aromatic rings. The summed E-state index contributed by atoms with van der Waals surface area (Å²) in [5.41, 5.74) is 1.92. The summed E-state index contributed by atoms with van der Waals surface area (Å²) in [4.78, 5) is 8.36. The minimum Gasteiger partial charge on any atom is -0.235 e. The summed E-state index contributed by atoms with van der Waals surface area (Å²) >= 11 is 0. The molecule has 0 saturated heterocycles. The molecule has 3 heterocycles. The first-order chi connectivity index (χ1) is 10.3. The molecule has 0 spiro atoms. The fraction of sp³-hybridized carbons (Fsp3) is 0. The molecule has 0 saturated carbocycles. The van der Waals surface area contributed by atoms with E-state index < -0.39 is 0 Å². The average molecular weight is 272 g/mol. The number of pyridine rings is 2. The first-order valence-corrected chi connectivity index (χ1v) is 6.11. The van der Waals surface area contributed by atoms with Crippen molar-refractivity contribution < 1.29 is 0 Å². The minimum atomic E-state index is 0.328. The predicted octanol–water partition coefficient (Wildman–Crippen LogP) is 2.07. The number of hydrogen-bond donors (Lipinski definition) is 0. The quantitative estimate of drug-likeness (QED) is 0.712. The highest BCUT2D eigenvalue weighted by Crippen LogP contribution is 2.16. The summed E-state index contributed by atoms with van der Waals surface area (Å²) in [5.74, 6) is 0.553. The topological polar surface area (TPSA) is 91.2 Å². The second-order valence-electron chi connectivity index (χ2n) is 4.16. The van der Waals surface area contributed by atoms with E-state index in [1.165, 1.54) is 0 Å². The summed E-state index contributed by atoms with van der Waals surface area (Å²) in [6.07, 6.45) is 1.74. The molecule has 0 unspecified atom stereocenters. The van der Waals surface area contributed by atoms with E-state index in [0.29, 0.717) is 28.6 Å². The van der Waals surface area contributed by atoms with Crippen LogP contribution in [0.3, 0.4) is 0 Å². The van der Waals surface area contributed by atoms with E-state index in [1.54, 1.807) is 53.3 Å². The van der Waals surface area contributed by atoms with Crippen LogP contribution < -0.4 is 0 Å². The van der Waals surface area contributed by atoms with Crippen LogP contribution in [0.4, 0.5) is 0 Å². The third-order valence-corrected chi connectivity index (χ3v) is 2.80. The Morgan fingerprint density at radius 3 is 2.29 bits per heavy atom. The lowest BCUT2D eigenvalue weighted by atomic mass is 10.2. The molecule has 0 aliphatic heterocycles. The average Bonchev–Trinajstić information content (AvgIpc) is 3.05. The van der Waals surface area contributed by atoms with Gasteiger partial charge in [0.05, 0.1) is 5.69 Å². The molecular weight excluding hydrogens is 264 g/mol. The van der Waals surface area contributed by atoms with Gasteiger partial charge in [-0.1, -0.05) is 12.1 Å². The Hall–Kier alpha value is -3.51. The van der Waals surface area contributed by atoms with Crippen molar-refractivity contribution in [2.24, 2.45) is 0 Å². The van der Waals surface area contributed by atoms with Gasteiger partial charge in [0.1, 0.15) is 29.2 Å². The molecule has 21 heavy (non-hydrogen) atoms. The smallest absolute Gasteiger partial charge is 0.154 e. The predicted molar refractivity (Wildman–Crippen MR) is 74.0 cm³/mol. The lowest BCUT2D eigenvalue weighted by Crippen LogP contribution is -1.99. The van der Waals surface area contributed by atoms with Crippen LogP contribution in [0.2, 0.25) is 0 Å². The summed E-state index contributed by atoms with van der Waals surface area (Å²) in [7, 11) is 0. The molecule has 0 aliphatic rings. The van der Waals surface area contributed by atoms with Crippen molar-refractivity contribution in [3.63, 3.8) is 0 Å². The molecule has 0 aromatic carbocycles. The zero-order valence-electron chi connectivity index (χ0n) is 10.8. The van der Waals surface area contributed by atoms with E-state index in [0.717, 1.165) is 0 Å². The van der Waals surface area contributed by atoms with Crippen LogP contribution in [-0.4, -0.2) is 19.7 Å². The first-order valence-electron chi connectivity index (χ1n) is 6.11. The van der Waals surface area contributed by atoms with E-state index in [4.69, 9.17) is 10.5 Å². The van der Waals surface area contributed by atoms with E-state index in [1.807, 2.05) is 12.1 Å². The van der Waals surface area contributed by atoms with Crippen LogP contribution in [-0.2, 0) is 0 Å². The molecule has 3 aromatic heterocycles. The van der Waals surface area contributed by atoms with E-state index in [2.05, 4.69) is 15.1 Å². The van der Waals surface area contributed by atoms with Gasteiger partial charge < -0.3 is 0 Å². The van der Waals surface area contributed by atoms with E-state index in [-0.39, 0.29) is 0 Å². The Morgan fingerprint density at radius 2 is 1.52 bits per heavy atom. The van der Waals surface area contributed by atoms with Crippen molar-refractivity contribution in [1.82, 2.24) is 19.7 Å². The number of nitrogens with zero attached hydrogens (tertiary/aromatic N) is 6. The zero-order chi connectivity index (χ0) is 14.7. The van der Waals surface area contributed by atoms with Crippen LogP contribution in [0.15, 0.2) is 48.7 Å². The second kappa shape index (κ2) is 5.24. The van der Waals surface area contributed by atoms with Gasteiger partial charge in [-0.15, -0.1) is 0 Å². The summed E-state index contributed by atoms with van der Waals surface area (Å²) < 4.78 is 1.57. The van der Waals surface area contributed by atoms with Crippen LogP contribution in [0.25, 0.3) is 17.2 Å². The molecule has 6 heteroatoms. The number of rotatable bonds is 2. The lowest BCUT2D eigenvalue weighted by molar-refractivity contribution is 0.846. The van der Waals surface area contributed by atoms with E-state index >= 15 is 0 Å². The molecule has 3 rings (SSSR count). The van der Waals surface area contributed by atoms with Crippen molar-refractivity contribution in [2.75, 3.05) is 0 Å². The van der Waals surface area contributed by atoms with Crippen LogP contribution in [0, 0.1) is 22.7 Å². The van der Waals surface area contributed by atoms with Gasteiger partial charge in [0, 0.05) is 6.20 Å². The molecule has 0 bridgehead atoms. The third-order valence-electron chi connectivity index (χ3n) is 2.80. The SMILES string of the molecule is N#Cc1cccc(-c2ccn(-c3cccc(C#N)n3)n2)n1. The van der Waals surface area contributed by atoms with Crippen LogP contribution in [0.1, 0.15) is 11.4 Å². The van der Waals surface area contributed by atoms with Gasteiger partial charge in [-0.2, -0.15) is 15.6 Å². The van der Waals surface area contributed by atoms with Gasteiger partial charge in [0.25, 0.3) is 0 Å². The molecule has 0 N–H and O–H groups in total. The van der Waals surface area contributed by atoms with E-state index in [9.17, 15) is 0 Å². The molecule has 0 amide bonds. The summed E-state index contributed by atoms with van der Waals surface area (Å²) in [6.45, 7) is 0. The Balaban J connectivity index is 2.00. The normalized spacial score (nSPS) is 9.81. The van der Waals surface area contributed by atoms with Gasteiger partial charge in [-0.3, -0.25) is 0 Å². The second-order valence-corrected chi connectivity index (χ2v) is 4.16. The first kappa shape index (κ1) is 12.5. The highest BCUT2D eigenvalue weighted by atomic mass is 15.3. The maximum absolute atomic E-state index is 8.87. The molecular formula is C15H8N6. The Bertz CT molecular complexity index is 809. The highest BCUT2D eigenvalue weighted by Gasteiger charge is 2.07. The molecule has 98 valence electrons. The fourth-order valence-corrected chi connectivity index (χ4v) is 1.84. The van der Waals surface area contributed by atoms with Gasteiger partial charge >= 0.3 is 0 Å². The number of hydrogen-bond acceptors (Lipinski definition) is 5. The van der Waals surface area contributed by atoms with Crippen molar-refractivity contribution >= 4 is 0 Å². The van der Waals surface area contributed by atoms with Gasteiger partial charge in [-0.05, 0) is 30.3 Å². The van der Waals surface area contributed by atoms with Crippen molar-refractivity contribution in [1.29, 1.82) is 10.5 Å². The Labute approximate surface area is 120 Å². The van der Waals surface area contributed by atoms with Crippen LogP contribution >= 0.6 is 0 Å². The van der Waals surface area contributed by atoms with Crippen molar-refractivity contribution in [3.8, 4) is 29.3 Å². The maximum Gasteiger partial charge on any atom is 0.154 e. The standard InChI is InChI=1S/C15H8N6/c16-9-11-3-1-5-13(18-11)14-7-8-21(20-14)15-6-2-4-12(10-17)19-15/h1-8H. The summed E-state index contributed by atoms with van der Waals surface area (Å²) in [5, 5.41) is 22.1. The largest absolute Gasteiger partial charge is 0.235 e. The number of nitriles is 2. The zero-order valence-corrected chi connectivity index (χ0v) is 10.8. The Morgan fingerprint density at radius 1 is 0.810 bits per heavy atom. The number of aromatic nitrogens is 4. The minimum absolute atomic E-state index is 0.328. The Kier molecular flexibility index (Phi) is 3.12. The third kappa shape index (κ3) is 2.46. The fourth-order valence-electron chi connectivity index (χ4n) is 1.84. The molecule has 6 nitrogen and oxygen atoms in total. The van der Waals surface area contributed by atoms with Crippen molar-refractivity contribution in [3.05, 3.63) is 60.0 Å². The monoisotopic (exact) mass is 272 g/mol. The molecule has 0 atom stereocenters. The summed E-state index contributed by atoms with van der Waals surface area (Å²) in [6, 6.07) is 16.1. The lowest BCUT2D eigenvalue weighted by Gasteiger charge is -2.00. The molecule has 0 fully saturated rings. The van der Waals surface area contributed by atoms with Gasteiger partial charge in [0.15, 0.2) is 5.82 Å². The maximum atomic E-state index is 8.87.